The van der Waals surface area contributed by atoms with Crippen molar-refractivity contribution in [1.29, 1.82) is 0 Å². The van der Waals surface area contributed by atoms with Gasteiger partial charge in [0.25, 0.3) is 0 Å². The monoisotopic (exact) mass is 104 g/mol. The number of nitrogens with one attached hydrogen (secondary N) is 1. The minimum Gasteiger partial charge on any atom is -0.854 e. The molecule has 0 aliphatic rings. The molecule has 44 valence electrons. The molecule has 3 nitrogen and oxygen atoms in total. The average Bonchev–Trinajstić information content (AvgIpc) is 1.69. The molecular weight excluding hydrogens is 94.0 g/mol. The second-order valence-corrected chi connectivity index (χ2v) is 1.18. The van der Waals surface area contributed by atoms with Crippen molar-refractivity contribution in [1.82, 2.24) is 5.32 Å². The number of hydrogen-bond acceptors (Lipinski definition) is 3. The Labute approximate surface area is 43.0 Å². The van der Waals surface area contributed by atoms with Crippen molar-refractivity contribution in [3.05, 3.63) is 0 Å². The smallest absolute Gasteiger partial charge is 0.0555 e. The lowest BCUT2D eigenvalue weighted by Gasteiger charge is -2.02. The van der Waals surface area contributed by atoms with Gasteiger partial charge in [-0.15, -0.1) is 6.61 Å². The van der Waals surface area contributed by atoms with Crippen LogP contribution in [0, 0.1) is 0 Å². The molecule has 0 aromatic heterocycles. The van der Waals surface area contributed by atoms with E-state index in [4.69, 9.17) is 5.11 Å². The van der Waals surface area contributed by atoms with Crippen LogP contribution in [0.25, 0.3) is 0 Å². The predicted octanol–water partition coefficient (Wildman–Crippen LogP) is -2.07. The van der Waals surface area contributed by atoms with Crippen molar-refractivity contribution in [3.8, 4) is 0 Å². The molecule has 0 fully saturated rings. The van der Waals surface area contributed by atoms with Crippen LogP contribution < -0.4 is 10.4 Å². The van der Waals surface area contributed by atoms with E-state index in [1.807, 2.05) is 0 Å². The van der Waals surface area contributed by atoms with E-state index >= 15 is 0 Å². The Morgan fingerprint density at radius 3 is 2.57 bits per heavy atom. The summed E-state index contributed by atoms with van der Waals surface area (Å²) in [5.74, 6) is 0. The number of aliphatic hydroxyl groups is 1. The van der Waals surface area contributed by atoms with Crippen LogP contribution in [0.3, 0.4) is 0 Å². The van der Waals surface area contributed by atoms with E-state index < -0.39 is 0 Å². The minimum atomic E-state index is -0.111. The molecule has 0 aliphatic heterocycles. The fourth-order valence-electron chi connectivity index (χ4n) is 0.276. The topological polar surface area (TPSA) is 55.3 Å². The van der Waals surface area contributed by atoms with Gasteiger partial charge < -0.3 is 15.5 Å². The molecule has 0 saturated heterocycles. The summed E-state index contributed by atoms with van der Waals surface area (Å²) in [5, 5.41) is 20.5. The molecule has 0 heterocycles. The lowest BCUT2D eigenvalue weighted by Crippen LogP contribution is -2.26. The molecule has 0 atom stereocenters. The molecule has 0 aromatic carbocycles. The predicted molar refractivity (Wildman–Crippen MR) is 24.8 cm³/mol. The van der Waals surface area contributed by atoms with Gasteiger partial charge in [-0.3, -0.25) is 0 Å². The summed E-state index contributed by atoms with van der Waals surface area (Å²) in [5.41, 5.74) is 0. The fourth-order valence-corrected chi connectivity index (χ4v) is 0.276. The first-order valence-electron chi connectivity index (χ1n) is 2.31. The van der Waals surface area contributed by atoms with Crippen molar-refractivity contribution in [2.45, 2.75) is 0 Å². The van der Waals surface area contributed by atoms with Gasteiger partial charge in [-0.1, -0.05) is 0 Å². The largest absolute Gasteiger partial charge is 0.854 e. The molecule has 0 aromatic rings. The highest BCUT2D eigenvalue weighted by Crippen LogP contribution is 1.51. The van der Waals surface area contributed by atoms with E-state index in [-0.39, 0.29) is 13.2 Å². The van der Waals surface area contributed by atoms with Gasteiger partial charge in [0, 0.05) is 6.54 Å². The summed E-state index contributed by atoms with van der Waals surface area (Å²) < 4.78 is 0. The summed E-state index contributed by atoms with van der Waals surface area (Å²) >= 11 is 0. The minimum absolute atomic E-state index is 0.111. The SMILES string of the molecule is [O-]CCNCCO. The number of aliphatic hydroxyl groups excluding tert-OH is 1. The van der Waals surface area contributed by atoms with Crippen LogP contribution in [0.5, 0.6) is 0 Å². The van der Waals surface area contributed by atoms with E-state index in [1.165, 1.54) is 0 Å². The molecule has 0 unspecified atom stereocenters. The zero-order valence-corrected chi connectivity index (χ0v) is 4.18. The third-order valence-corrected chi connectivity index (χ3v) is 0.567. The third-order valence-electron chi connectivity index (χ3n) is 0.567. The zero-order valence-electron chi connectivity index (χ0n) is 4.18. The zero-order chi connectivity index (χ0) is 5.54. The van der Waals surface area contributed by atoms with E-state index in [0.29, 0.717) is 13.1 Å². The highest BCUT2D eigenvalue weighted by Gasteiger charge is 1.74. The Balaban J connectivity index is 2.45. The summed E-state index contributed by atoms with van der Waals surface area (Å²) in [6.45, 7) is 0.989. The first kappa shape index (κ1) is 6.88. The first-order chi connectivity index (χ1) is 3.41. The molecule has 0 amide bonds. The molecule has 0 radical (unpaired) electrons. The molecule has 0 saturated carbocycles. The lowest BCUT2D eigenvalue weighted by atomic mass is 10.6. The van der Waals surface area contributed by atoms with Gasteiger partial charge in [-0.25, -0.2) is 0 Å². The van der Waals surface area contributed by atoms with Crippen LogP contribution >= 0.6 is 0 Å². The van der Waals surface area contributed by atoms with Gasteiger partial charge in [0.05, 0.1) is 6.61 Å². The third kappa shape index (κ3) is 5.88. The van der Waals surface area contributed by atoms with Crippen LogP contribution in [-0.4, -0.2) is 31.4 Å². The Morgan fingerprint density at radius 2 is 2.14 bits per heavy atom. The second kappa shape index (κ2) is 5.88. The van der Waals surface area contributed by atoms with Gasteiger partial charge in [0.2, 0.25) is 0 Å². The first-order valence-corrected chi connectivity index (χ1v) is 2.31. The molecule has 0 rings (SSSR count). The number of rotatable bonds is 4. The maximum absolute atomic E-state index is 9.66. The molecule has 0 bridgehead atoms. The normalized spacial score (nSPS) is 9.43. The standard InChI is InChI=1S/C4H10NO2/c6-3-1-5-2-4-7/h5-6H,1-4H2/q-1. The van der Waals surface area contributed by atoms with Crippen molar-refractivity contribution in [3.63, 3.8) is 0 Å². The maximum atomic E-state index is 9.66. The van der Waals surface area contributed by atoms with Crippen LogP contribution in [0.2, 0.25) is 0 Å². The van der Waals surface area contributed by atoms with E-state index in [1.54, 1.807) is 0 Å². The van der Waals surface area contributed by atoms with E-state index in [2.05, 4.69) is 5.32 Å². The Kier molecular flexibility index (Phi) is 5.78. The molecule has 3 heteroatoms. The van der Waals surface area contributed by atoms with Crippen molar-refractivity contribution >= 4 is 0 Å². The van der Waals surface area contributed by atoms with Crippen molar-refractivity contribution in [2.24, 2.45) is 0 Å². The Bertz CT molecular complexity index is 28.9. The quantitative estimate of drug-likeness (QED) is 0.403. The summed E-state index contributed by atoms with van der Waals surface area (Å²) in [6, 6.07) is 0. The van der Waals surface area contributed by atoms with Crippen LogP contribution in [0.1, 0.15) is 0 Å². The number of hydrogen-bond donors (Lipinski definition) is 2. The highest BCUT2D eigenvalue weighted by molar-refractivity contribution is 4.39. The maximum Gasteiger partial charge on any atom is 0.0555 e. The Morgan fingerprint density at radius 1 is 1.43 bits per heavy atom. The Hall–Kier alpha value is -0.120. The summed E-state index contributed by atoms with van der Waals surface area (Å²) in [6.07, 6.45) is 0. The van der Waals surface area contributed by atoms with Gasteiger partial charge in [-0.2, -0.15) is 0 Å². The molecular formula is C4H10NO2-. The van der Waals surface area contributed by atoms with Gasteiger partial charge in [-0.05, 0) is 6.54 Å². The molecule has 0 spiro atoms. The van der Waals surface area contributed by atoms with Gasteiger partial charge in [0.1, 0.15) is 0 Å². The molecule has 2 N–H and O–H groups in total. The molecule has 7 heavy (non-hydrogen) atoms. The summed E-state index contributed by atoms with van der Waals surface area (Å²) in [4.78, 5) is 0. The van der Waals surface area contributed by atoms with Crippen molar-refractivity contribution < 1.29 is 10.2 Å². The van der Waals surface area contributed by atoms with E-state index in [9.17, 15) is 5.11 Å². The fraction of sp³-hybridized carbons (Fsp3) is 1.00. The van der Waals surface area contributed by atoms with Crippen LogP contribution in [0.4, 0.5) is 0 Å². The van der Waals surface area contributed by atoms with Crippen LogP contribution in [0.15, 0.2) is 0 Å². The summed E-state index contributed by atoms with van der Waals surface area (Å²) in [7, 11) is 0. The van der Waals surface area contributed by atoms with Crippen LogP contribution in [-0.2, 0) is 0 Å². The van der Waals surface area contributed by atoms with E-state index in [0.717, 1.165) is 0 Å². The lowest BCUT2D eigenvalue weighted by molar-refractivity contribution is -0.365. The van der Waals surface area contributed by atoms with Crippen molar-refractivity contribution in [2.75, 3.05) is 26.3 Å². The molecule has 0 aliphatic carbocycles. The average molecular weight is 104 g/mol. The second-order valence-electron chi connectivity index (χ2n) is 1.18. The van der Waals surface area contributed by atoms with Gasteiger partial charge >= 0.3 is 0 Å². The highest BCUT2D eigenvalue weighted by atomic mass is 16.3. The van der Waals surface area contributed by atoms with Gasteiger partial charge in [0.15, 0.2) is 0 Å².